The molecule has 5 heteroatoms. The lowest BCUT2D eigenvalue weighted by molar-refractivity contribution is -0.163. The summed E-state index contributed by atoms with van der Waals surface area (Å²) < 4.78 is 5.51. The fourth-order valence-corrected chi connectivity index (χ4v) is 3.01. The van der Waals surface area contributed by atoms with Gasteiger partial charge in [-0.3, -0.25) is 9.59 Å². The maximum Gasteiger partial charge on any atom is 0.374 e. The number of benzene rings is 1. The maximum absolute atomic E-state index is 13.0. The topological polar surface area (TPSA) is 63.7 Å². The van der Waals surface area contributed by atoms with Crippen LogP contribution in [0.2, 0.25) is 0 Å². The van der Waals surface area contributed by atoms with Gasteiger partial charge in [0.1, 0.15) is 6.10 Å². The van der Waals surface area contributed by atoms with Crippen LogP contribution in [0.5, 0.6) is 0 Å². The van der Waals surface area contributed by atoms with Gasteiger partial charge in [0, 0.05) is 32.0 Å². The summed E-state index contributed by atoms with van der Waals surface area (Å²) >= 11 is 0. The van der Waals surface area contributed by atoms with Crippen molar-refractivity contribution in [3.8, 4) is 0 Å². The highest BCUT2D eigenvalue weighted by atomic mass is 16.5. The van der Waals surface area contributed by atoms with Gasteiger partial charge >= 0.3 is 5.97 Å². The first-order valence-electron chi connectivity index (χ1n) is 9.29. The molecule has 0 heterocycles. The Labute approximate surface area is 163 Å². The van der Waals surface area contributed by atoms with Gasteiger partial charge in [-0.1, -0.05) is 59.7 Å². The molecule has 0 saturated heterocycles. The van der Waals surface area contributed by atoms with Crippen molar-refractivity contribution >= 4 is 17.7 Å². The number of esters is 1. The van der Waals surface area contributed by atoms with Crippen LogP contribution >= 0.6 is 0 Å². The van der Waals surface area contributed by atoms with E-state index in [2.05, 4.69) is 20.8 Å². The Bertz CT molecular complexity index is 668. The van der Waals surface area contributed by atoms with Crippen LogP contribution in [0.25, 0.3) is 0 Å². The Morgan fingerprint density at radius 3 is 1.89 bits per heavy atom. The quantitative estimate of drug-likeness (QED) is 0.554. The summed E-state index contributed by atoms with van der Waals surface area (Å²) in [4.78, 5) is 38.0. The summed E-state index contributed by atoms with van der Waals surface area (Å²) in [6.45, 7) is 13.3. The Balaban J connectivity index is 3.15. The molecular formula is C22H33NO4. The first kappa shape index (κ1) is 22.9. The first-order chi connectivity index (χ1) is 12.2. The molecule has 0 spiro atoms. The molecule has 1 rings (SSSR count). The molecule has 0 aliphatic carbocycles. The highest BCUT2D eigenvalue weighted by Gasteiger charge is 2.39. The van der Waals surface area contributed by atoms with Crippen molar-refractivity contribution in [1.29, 1.82) is 0 Å². The number of hydrogen-bond donors (Lipinski definition) is 0. The Morgan fingerprint density at radius 2 is 1.48 bits per heavy atom. The van der Waals surface area contributed by atoms with E-state index < -0.39 is 17.9 Å². The average molecular weight is 376 g/mol. The van der Waals surface area contributed by atoms with E-state index in [4.69, 9.17) is 4.74 Å². The lowest BCUT2D eigenvalue weighted by atomic mass is 9.77. The van der Waals surface area contributed by atoms with Crippen molar-refractivity contribution in [1.82, 2.24) is 4.90 Å². The van der Waals surface area contributed by atoms with Crippen LogP contribution in [0.4, 0.5) is 0 Å². The fourth-order valence-electron chi connectivity index (χ4n) is 3.01. The number of carbonyl (C=O) groups is 3. The van der Waals surface area contributed by atoms with Crippen LogP contribution in [-0.2, 0) is 14.3 Å². The molecule has 1 amide bonds. The molecule has 0 aromatic heterocycles. The van der Waals surface area contributed by atoms with E-state index in [9.17, 15) is 14.4 Å². The minimum atomic E-state index is -0.834. The van der Waals surface area contributed by atoms with Gasteiger partial charge in [0.2, 0.25) is 5.78 Å². The van der Waals surface area contributed by atoms with Gasteiger partial charge in [-0.2, -0.15) is 0 Å². The Kier molecular flexibility index (Phi) is 7.35. The summed E-state index contributed by atoms with van der Waals surface area (Å²) in [6.07, 6.45) is -0.0506. The zero-order valence-electron chi connectivity index (χ0n) is 17.8. The normalized spacial score (nSPS) is 14.2. The van der Waals surface area contributed by atoms with Crippen LogP contribution in [0, 0.1) is 10.8 Å². The Hall–Kier alpha value is -2.17. The van der Waals surface area contributed by atoms with Crippen LogP contribution in [0.3, 0.4) is 0 Å². The van der Waals surface area contributed by atoms with E-state index in [1.807, 2.05) is 39.0 Å². The minimum absolute atomic E-state index is 0.0823. The number of nitrogens with zero attached hydrogens (tertiary/aromatic N) is 1. The standard InChI is InChI=1S/C22H33NO4/c1-15(24)20(26)27-18(22(5,6)7)14-17(21(2,3)4)23(8)19(25)16-12-10-9-11-13-16/h9-13,17-18H,14H2,1-8H3/t17-,18+/m0/s1. The largest absolute Gasteiger partial charge is 0.456 e. The van der Waals surface area contributed by atoms with Crippen LogP contribution in [0.1, 0.15) is 65.2 Å². The second-order valence-electron chi connectivity index (χ2n) is 9.22. The second-order valence-corrected chi connectivity index (χ2v) is 9.22. The number of Topliss-reactive ketones (excluding diaryl/α,β-unsaturated/α-hetero) is 1. The third kappa shape index (κ3) is 6.49. The zero-order valence-corrected chi connectivity index (χ0v) is 17.8. The number of carbonyl (C=O) groups excluding carboxylic acids is 3. The van der Waals surface area contributed by atoms with Gasteiger partial charge in [-0.05, 0) is 23.0 Å². The molecule has 0 fully saturated rings. The molecule has 1 aromatic rings. The molecule has 0 unspecified atom stereocenters. The smallest absolute Gasteiger partial charge is 0.374 e. The van der Waals surface area contributed by atoms with Crippen molar-refractivity contribution in [3.05, 3.63) is 35.9 Å². The SMILES string of the molecule is CC(=O)C(=O)O[C@H](C[C@H](N(C)C(=O)c1ccccc1)C(C)(C)C)C(C)(C)C. The van der Waals surface area contributed by atoms with Gasteiger partial charge < -0.3 is 9.64 Å². The number of amides is 1. The lowest BCUT2D eigenvalue weighted by Gasteiger charge is -2.42. The fraction of sp³-hybridized carbons (Fsp3) is 0.591. The molecule has 27 heavy (non-hydrogen) atoms. The summed E-state index contributed by atoms with van der Waals surface area (Å²) in [5.74, 6) is -1.54. The summed E-state index contributed by atoms with van der Waals surface area (Å²) in [5, 5.41) is 0. The molecule has 0 bridgehead atoms. The van der Waals surface area contributed by atoms with Crippen LogP contribution in [0.15, 0.2) is 30.3 Å². The molecule has 0 radical (unpaired) electrons. The number of ketones is 1. The van der Waals surface area contributed by atoms with Crippen molar-refractivity contribution in [2.24, 2.45) is 10.8 Å². The van der Waals surface area contributed by atoms with E-state index >= 15 is 0 Å². The number of hydrogen-bond acceptors (Lipinski definition) is 4. The van der Waals surface area contributed by atoms with Crippen molar-refractivity contribution in [2.45, 2.75) is 67.0 Å². The van der Waals surface area contributed by atoms with E-state index in [0.29, 0.717) is 12.0 Å². The van der Waals surface area contributed by atoms with Gasteiger partial charge in [0.25, 0.3) is 5.91 Å². The van der Waals surface area contributed by atoms with Crippen LogP contribution in [-0.4, -0.2) is 41.8 Å². The monoisotopic (exact) mass is 375 g/mol. The van der Waals surface area contributed by atoms with E-state index in [0.717, 1.165) is 0 Å². The average Bonchev–Trinajstić information content (AvgIpc) is 2.55. The predicted octanol–water partition coefficient (Wildman–Crippen LogP) is 4.11. The molecule has 2 atom stereocenters. The third-order valence-corrected chi connectivity index (χ3v) is 4.75. The zero-order chi connectivity index (χ0) is 21.0. The van der Waals surface area contributed by atoms with Gasteiger partial charge in [-0.25, -0.2) is 4.79 Å². The molecule has 0 aliphatic heterocycles. The molecule has 150 valence electrons. The van der Waals surface area contributed by atoms with Crippen molar-refractivity contribution in [2.75, 3.05) is 7.05 Å². The van der Waals surface area contributed by atoms with Crippen molar-refractivity contribution < 1.29 is 19.1 Å². The molecule has 0 aliphatic rings. The van der Waals surface area contributed by atoms with E-state index in [1.165, 1.54) is 6.92 Å². The number of ether oxygens (including phenoxy) is 1. The molecule has 5 nitrogen and oxygen atoms in total. The minimum Gasteiger partial charge on any atom is -0.456 e. The summed E-state index contributed by atoms with van der Waals surface area (Å²) in [7, 11) is 1.78. The molecule has 1 aromatic carbocycles. The van der Waals surface area contributed by atoms with Gasteiger partial charge in [0.15, 0.2) is 0 Å². The van der Waals surface area contributed by atoms with Gasteiger partial charge in [0.05, 0.1) is 0 Å². The van der Waals surface area contributed by atoms with E-state index in [-0.39, 0.29) is 22.8 Å². The highest BCUT2D eigenvalue weighted by Crippen LogP contribution is 2.34. The highest BCUT2D eigenvalue weighted by molar-refractivity contribution is 6.32. The molecule has 0 saturated carbocycles. The second kappa shape index (κ2) is 8.68. The predicted molar refractivity (Wildman–Crippen MR) is 106 cm³/mol. The van der Waals surface area contributed by atoms with E-state index in [1.54, 1.807) is 24.1 Å². The Morgan fingerprint density at radius 1 is 0.963 bits per heavy atom. The lowest BCUT2D eigenvalue weighted by Crippen LogP contribution is -2.49. The van der Waals surface area contributed by atoms with Crippen molar-refractivity contribution in [3.63, 3.8) is 0 Å². The number of rotatable bonds is 6. The van der Waals surface area contributed by atoms with Crippen LogP contribution < -0.4 is 0 Å². The van der Waals surface area contributed by atoms with Gasteiger partial charge in [-0.15, -0.1) is 0 Å². The maximum atomic E-state index is 13.0. The molecule has 0 N–H and O–H groups in total. The third-order valence-electron chi connectivity index (χ3n) is 4.75. The first-order valence-corrected chi connectivity index (χ1v) is 9.29. The summed E-state index contributed by atoms with van der Waals surface area (Å²) in [6, 6.07) is 8.92. The summed E-state index contributed by atoms with van der Waals surface area (Å²) in [5.41, 5.74) is -0.00129. The molecular weight excluding hydrogens is 342 g/mol.